The molecule has 0 radical (unpaired) electrons. The van der Waals surface area contributed by atoms with Crippen molar-refractivity contribution in [1.82, 2.24) is 0 Å². The highest BCUT2D eigenvalue weighted by molar-refractivity contribution is 5.88. The van der Waals surface area contributed by atoms with Crippen LogP contribution >= 0.6 is 0 Å². The number of ether oxygens (including phenoxy) is 5. The van der Waals surface area contributed by atoms with E-state index >= 15 is 0 Å². The predicted octanol–water partition coefficient (Wildman–Crippen LogP) is 4.60. The first-order valence-corrected chi connectivity index (χ1v) is 15.9. The Morgan fingerprint density at radius 1 is 1.00 bits per heavy atom. The van der Waals surface area contributed by atoms with Crippen LogP contribution in [-0.2, 0) is 28.5 Å². The molecule has 9 heteroatoms. The van der Waals surface area contributed by atoms with E-state index < -0.39 is 36.7 Å². The number of carbonyl (C=O) groups excluding carboxylic acids is 1. The third kappa shape index (κ3) is 4.25. The van der Waals surface area contributed by atoms with Gasteiger partial charge in [-0.3, -0.25) is 4.79 Å². The van der Waals surface area contributed by atoms with Gasteiger partial charge in [0.05, 0.1) is 18.0 Å². The van der Waals surface area contributed by atoms with Gasteiger partial charge in [-0.05, 0) is 100 Å². The Morgan fingerprint density at radius 2 is 1.83 bits per heavy atom. The number of Topliss-reactive ketones (excluding diaryl/α,β-unsaturated/α-hetero) is 1. The van der Waals surface area contributed by atoms with Crippen LogP contribution in [0.4, 0.5) is 0 Å². The van der Waals surface area contributed by atoms with Gasteiger partial charge in [-0.2, -0.15) is 0 Å². The molecule has 230 valence electrons. The molecule has 3 heterocycles. The van der Waals surface area contributed by atoms with Crippen molar-refractivity contribution in [3.8, 4) is 0 Å². The van der Waals surface area contributed by atoms with Crippen molar-refractivity contribution >= 4 is 5.78 Å². The Bertz CT molecular complexity index is 1290. The number of hydrogen-bond acceptors (Lipinski definition) is 9. The molecule has 42 heavy (non-hydrogen) atoms. The van der Waals surface area contributed by atoms with Crippen LogP contribution in [0.2, 0.25) is 0 Å². The number of fused-ring (bicyclic) bond motifs is 6. The molecule has 2 aliphatic heterocycles. The smallest absolute Gasteiger partial charge is 0.335 e. The summed E-state index contributed by atoms with van der Waals surface area (Å²) in [5.74, 6) is 0.656. The molecular formula is C33H44O9. The molecule has 6 aliphatic rings. The molecule has 0 amide bonds. The van der Waals surface area contributed by atoms with Gasteiger partial charge in [0.15, 0.2) is 18.2 Å². The number of carbonyl (C=O) groups is 1. The van der Waals surface area contributed by atoms with Crippen LogP contribution in [0.1, 0.15) is 90.5 Å². The van der Waals surface area contributed by atoms with E-state index in [0.29, 0.717) is 12.5 Å². The van der Waals surface area contributed by atoms with E-state index in [0.717, 1.165) is 56.9 Å². The normalized spacial score (nSPS) is 48.2. The van der Waals surface area contributed by atoms with Crippen LogP contribution < -0.4 is 5.63 Å². The average Bonchev–Trinajstić information content (AvgIpc) is 3.51. The van der Waals surface area contributed by atoms with Crippen LogP contribution in [0.5, 0.6) is 0 Å². The Labute approximate surface area is 246 Å². The summed E-state index contributed by atoms with van der Waals surface area (Å²) in [6, 6.07) is 3.39. The molecule has 5 fully saturated rings. The van der Waals surface area contributed by atoms with Gasteiger partial charge in [0.2, 0.25) is 0 Å². The lowest BCUT2D eigenvalue weighted by Crippen LogP contribution is -2.60. The zero-order valence-corrected chi connectivity index (χ0v) is 25.1. The lowest BCUT2D eigenvalue weighted by atomic mass is 9.45. The van der Waals surface area contributed by atoms with Crippen molar-refractivity contribution in [3.63, 3.8) is 0 Å². The van der Waals surface area contributed by atoms with Crippen LogP contribution in [-0.4, -0.2) is 60.3 Å². The third-order valence-electron chi connectivity index (χ3n) is 12.1. The summed E-state index contributed by atoms with van der Waals surface area (Å²) < 4.78 is 34.9. The van der Waals surface area contributed by atoms with Crippen molar-refractivity contribution in [2.45, 2.75) is 128 Å². The van der Waals surface area contributed by atoms with E-state index in [1.807, 2.05) is 13.0 Å². The predicted molar refractivity (Wildman–Crippen MR) is 150 cm³/mol. The van der Waals surface area contributed by atoms with Gasteiger partial charge in [-0.15, -0.1) is 0 Å². The lowest BCUT2D eigenvalue weighted by molar-refractivity contribution is -0.271. The van der Waals surface area contributed by atoms with E-state index in [1.165, 1.54) is 11.6 Å². The van der Waals surface area contributed by atoms with Gasteiger partial charge in [0.25, 0.3) is 6.48 Å². The molecular weight excluding hydrogens is 540 g/mol. The molecule has 7 rings (SSSR count). The monoisotopic (exact) mass is 584 g/mol. The SMILES string of the molecule is CCOC1O[C@H]2[C@H](O[C@@H]3C=C4CCC5C(CC[C@]6(C)[C@@H](c7ccc(=O)oc7)CC[C@]56O)[C@@]4(C)CC3)O[C@@H](C)C(=O)[C@H]2O1. The topological polar surface area (TPSA) is 114 Å². The first kappa shape index (κ1) is 28.9. The second-order valence-corrected chi connectivity index (χ2v) is 13.9. The van der Waals surface area contributed by atoms with Crippen LogP contribution in [0, 0.1) is 22.7 Å². The molecule has 0 spiro atoms. The van der Waals surface area contributed by atoms with Crippen LogP contribution in [0.15, 0.2) is 39.3 Å². The van der Waals surface area contributed by atoms with E-state index in [2.05, 4.69) is 19.9 Å². The number of aliphatic hydroxyl groups is 1. The molecule has 1 N–H and O–H groups in total. The second-order valence-electron chi connectivity index (χ2n) is 13.9. The minimum Gasteiger partial charge on any atom is -0.431 e. The largest absolute Gasteiger partial charge is 0.431 e. The summed E-state index contributed by atoms with van der Waals surface area (Å²) >= 11 is 0. The highest BCUT2D eigenvalue weighted by Gasteiger charge is 2.66. The van der Waals surface area contributed by atoms with Crippen molar-refractivity contribution in [1.29, 1.82) is 0 Å². The summed E-state index contributed by atoms with van der Waals surface area (Å²) in [6.45, 7) is 7.75. The van der Waals surface area contributed by atoms with Crippen molar-refractivity contribution in [2.75, 3.05) is 6.61 Å². The van der Waals surface area contributed by atoms with E-state index in [4.69, 9.17) is 28.1 Å². The minimum atomic E-state index is -0.893. The highest BCUT2D eigenvalue weighted by atomic mass is 16.9. The Hall–Kier alpha value is -1.88. The van der Waals surface area contributed by atoms with Crippen LogP contribution in [0.3, 0.4) is 0 Å². The van der Waals surface area contributed by atoms with Gasteiger partial charge >= 0.3 is 5.63 Å². The second kappa shape index (κ2) is 10.3. The summed E-state index contributed by atoms with van der Waals surface area (Å²) in [4.78, 5) is 24.3. The molecule has 3 saturated carbocycles. The third-order valence-corrected chi connectivity index (χ3v) is 12.1. The average molecular weight is 585 g/mol. The fourth-order valence-corrected chi connectivity index (χ4v) is 9.81. The maximum Gasteiger partial charge on any atom is 0.335 e. The van der Waals surface area contributed by atoms with Gasteiger partial charge in [-0.25, -0.2) is 4.79 Å². The fraction of sp³-hybridized carbons (Fsp3) is 0.758. The summed E-state index contributed by atoms with van der Waals surface area (Å²) in [5.41, 5.74) is 1.11. The standard InChI is InChI=1S/C33H44O9/c1-5-37-30-41-27-26(35)18(2)39-29(28(27)42-30)40-21-10-13-31(3)20(16-21)7-8-24-23(31)11-14-32(4)22(12-15-33(24,32)36)19-6-9-25(34)38-17-19/h6,9,16-18,21-24,27-30,36H,5,7-8,10-15H2,1-4H3/t18-,21-,22+,23?,24?,27+,28+,29-,30?,31-,32+,33-/m0/s1. The molecule has 0 aromatic carbocycles. The molecule has 12 atom stereocenters. The first-order chi connectivity index (χ1) is 20.1. The van der Waals surface area contributed by atoms with Crippen molar-refractivity contribution in [2.24, 2.45) is 22.7 Å². The van der Waals surface area contributed by atoms with Gasteiger partial charge in [0, 0.05) is 18.1 Å². The van der Waals surface area contributed by atoms with Gasteiger partial charge < -0.3 is 33.2 Å². The summed E-state index contributed by atoms with van der Waals surface area (Å²) in [5, 5.41) is 12.5. The maximum absolute atomic E-state index is 12.7. The Balaban J connectivity index is 1.09. The Morgan fingerprint density at radius 3 is 2.60 bits per heavy atom. The van der Waals surface area contributed by atoms with E-state index in [9.17, 15) is 14.7 Å². The fourth-order valence-electron chi connectivity index (χ4n) is 9.81. The quantitative estimate of drug-likeness (QED) is 0.496. The number of allylic oxidation sites excluding steroid dienone is 1. The van der Waals surface area contributed by atoms with Gasteiger partial charge in [0.1, 0.15) is 12.2 Å². The summed E-state index contributed by atoms with van der Waals surface area (Å²) in [6.07, 6.45) is 8.34. The number of rotatable bonds is 5. The zero-order valence-electron chi connectivity index (χ0n) is 25.1. The number of ketones is 1. The maximum atomic E-state index is 12.7. The Kier molecular flexibility index (Phi) is 7.11. The first-order valence-electron chi connectivity index (χ1n) is 15.9. The van der Waals surface area contributed by atoms with Gasteiger partial charge in [-0.1, -0.05) is 25.5 Å². The van der Waals surface area contributed by atoms with Crippen LogP contribution in [0.25, 0.3) is 0 Å². The zero-order chi connectivity index (χ0) is 29.4. The molecule has 1 aromatic rings. The van der Waals surface area contributed by atoms with E-state index in [-0.39, 0.29) is 40.2 Å². The molecule has 1 aromatic heterocycles. The molecule has 4 aliphatic carbocycles. The molecule has 2 saturated heterocycles. The lowest BCUT2D eigenvalue weighted by Gasteiger charge is -2.62. The minimum absolute atomic E-state index is 0.00368. The van der Waals surface area contributed by atoms with Crippen molar-refractivity contribution in [3.05, 3.63) is 46.0 Å². The van der Waals surface area contributed by atoms with Crippen molar-refractivity contribution < 1.29 is 38.0 Å². The molecule has 3 unspecified atom stereocenters. The number of hydrogen-bond donors (Lipinski definition) is 1. The molecule has 0 bridgehead atoms. The highest BCUT2D eigenvalue weighted by Crippen LogP contribution is 2.70. The van der Waals surface area contributed by atoms with E-state index in [1.54, 1.807) is 13.2 Å². The molecule has 9 nitrogen and oxygen atoms in total. The summed E-state index contributed by atoms with van der Waals surface area (Å²) in [7, 11) is 0.